The maximum atomic E-state index is 12.1. The van der Waals surface area contributed by atoms with Gasteiger partial charge in [-0.3, -0.25) is 4.79 Å². The molecule has 1 aromatic carbocycles. The maximum absolute atomic E-state index is 12.1. The maximum Gasteiger partial charge on any atom is 0.262 e. The van der Waals surface area contributed by atoms with Crippen LogP contribution in [0.25, 0.3) is 0 Å². The molecule has 23 heavy (non-hydrogen) atoms. The molecule has 1 amide bonds. The molecule has 1 aliphatic heterocycles. The van der Waals surface area contributed by atoms with E-state index in [-0.39, 0.29) is 22.4 Å². The Kier molecular flexibility index (Phi) is 4.24. The highest BCUT2D eigenvalue weighted by atomic mass is 32.2. The number of hydrogen-bond acceptors (Lipinski definition) is 6. The SMILES string of the molecule is NS(=O)(=O)c1ccsc1C(=O)NC[C@@H]1COc2ccccc2O1. The van der Waals surface area contributed by atoms with E-state index in [0.29, 0.717) is 18.1 Å². The summed E-state index contributed by atoms with van der Waals surface area (Å²) >= 11 is 1.02. The first-order chi connectivity index (χ1) is 10.9. The molecule has 1 aliphatic rings. The number of hydrogen-bond donors (Lipinski definition) is 2. The third-order valence-electron chi connectivity index (χ3n) is 3.20. The van der Waals surface area contributed by atoms with E-state index in [1.807, 2.05) is 12.1 Å². The first-order valence-corrected chi connectivity index (χ1v) is 9.15. The molecule has 9 heteroatoms. The predicted molar refractivity (Wildman–Crippen MR) is 84.4 cm³/mol. The van der Waals surface area contributed by atoms with Gasteiger partial charge in [-0.15, -0.1) is 11.3 Å². The van der Waals surface area contributed by atoms with Crippen molar-refractivity contribution in [3.63, 3.8) is 0 Å². The number of nitrogens with one attached hydrogen (secondary N) is 1. The number of sulfonamides is 1. The molecule has 3 N–H and O–H groups in total. The smallest absolute Gasteiger partial charge is 0.262 e. The lowest BCUT2D eigenvalue weighted by atomic mass is 10.2. The third kappa shape index (κ3) is 3.46. The van der Waals surface area contributed by atoms with Crippen LogP contribution in [0.1, 0.15) is 9.67 Å². The molecule has 0 fully saturated rings. The summed E-state index contributed by atoms with van der Waals surface area (Å²) in [6.45, 7) is 0.485. The minimum Gasteiger partial charge on any atom is -0.486 e. The van der Waals surface area contributed by atoms with E-state index in [9.17, 15) is 13.2 Å². The third-order valence-corrected chi connectivity index (χ3v) is 5.20. The minimum absolute atomic E-state index is 0.0598. The number of ether oxygens (including phenoxy) is 2. The number of benzene rings is 1. The molecule has 2 aromatic rings. The summed E-state index contributed by atoms with van der Waals surface area (Å²) in [5.74, 6) is 0.760. The van der Waals surface area contributed by atoms with Gasteiger partial charge in [-0.05, 0) is 23.6 Å². The summed E-state index contributed by atoms with van der Waals surface area (Å²) in [6, 6.07) is 8.56. The summed E-state index contributed by atoms with van der Waals surface area (Å²) in [5.41, 5.74) is 0. The fourth-order valence-corrected chi connectivity index (χ4v) is 4.03. The van der Waals surface area contributed by atoms with Crippen molar-refractivity contribution in [1.82, 2.24) is 5.32 Å². The van der Waals surface area contributed by atoms with E-state index in [4.69, 9.17) is 14.6 Å². The highest BCUT2D eigenvalue weighted by Gasteiger charge is 2.24. The van der Waals surface area contributed by atoms with Crippen LogP contribution in [0.4, 0.5) is 0 Å². The van der Waals surface area contributed by atoms with Gasteiger partial charge in [-0.2, -0.15) is 0 Å². The highest BCUT2D eigenvalue weighted by Crippen LogP contribution is 2.30. The summed E-state index contributed by atoms with van der Waals surface area (Å²) in [7, 11) is -3.92. The predicted octanol–water partition coefficient (Wildman–Crippen LogP) is 0.965. The molecule has 0 saturated carbocycles. The van der Waals surface area contributed by atoms with E-state index in [1.165, 1.54) is 11.4 Å². The molecule has 1 atom stereocenters. The minimum atomic E-state index is -3.92. The monoisotopic (exact) mass is 354 g/mol. The summed E-state index contributed by atoms with van der Waals surface area (Å²) in [5, 5.41) is 9.24. The number of thiophene rings is 1. The quantitative estimate of drug-likeness (QED) is 0.850. The Morgan fingerprint density at radius 1 is 1.30 bits per heavy atom. The van der Waals surface area contributed by atoms with Gasteiger partial charge in [0.05, 0.1) is 6.54 Å². The number of para-hydroxylation sites is 2. The van der Waals surface area contributed by atoms with Gasteiger partial charge < -0.3 is 14.8 Å². The normalized spacial score (nSPS) is 16.8. The van der Waals surface area contributed by atoms with Crippen LogP contribution in [-0.2, 0) is 10.0 Å². The second-order valence-corrected chi connectivity index (χ2v) is 7.31. The average Bonchev–Trinajstić information content (AvgIpc) is 3.02. The van der Waals surface area contributed by atoms with E-state index >= 15 is 0 Å². The molecule has 1 aromatic heterocycles. The van der Waals surface area contributed by atoms with Gasteiger partial charge >= 0.3 is 0 Å². The summed E-state index contributed by atoms with van der Waals surface area (Å²) in [4.78, 5) is 12.0. The zero-order valence-corrected chi connectivity index (χ0v) is 13.5. The number of primary sulfonamides is 1. The first kappa shape index (κ1) is 15.8. The Labute approximate surface area is 137 Å². The van der Waals surface area contributed by atoms with E-state index in [1.54, 1.807) is 12.1 Å². The topological polar surface area (TPSA) is 108 Å². The van der Waals surface area contributed by atoms with E-state index in [0.717, 1.165) is 11.3 Å². The molecular weight excluding hydrogens is 340 g/mol. The molecule has 0 aliphatic carbocycles. The van der Waals surface area contributed by atoms with Crippen molar-refractivity contribution >= 4 is 27.3 Å². The Hall–Kier alpha value is -2.10. The number of fused-ring (bicyclic) bond motifs is 1. The van der Waals surface area contributed by atoms with Crippen LogP contribution in [0.15, 0.2) is 40.6 Å². The molecule has 0 spiro atoms. The number of carbonyl (C=O) groups is 1. The van der Waals surface area contributed by atoms with Gasteiger partial charge in [-0.25, -0.2) is 13.6 Å². The van der Waals surface area contributed by atoms with E-state index in [2.05, 4.69) is 5.32 Å². The summed E-state index contributed by atoms with van der Waals surface area (Å²) in [6.07, 6.45) is -0.355. The van der Waals surface area contributed by atoms with Gasteiger partial charge in [0.1, 0.15) is 22.5 Å². The standard InChI is InChI=1S/C14H14N2O5S2/c15-23(18,19)12-5-6-22-13(12)14(17)16-7-9-8-20-10-3-1-2-4-11(10)21-9/h1-6,9H,7-8H2,(H,16,17)(H2,15,18,19)/t9-/m1/s1. The molecule has 0 unspecified atom stereocenters. The second kappa shape index (κ2) is 6.19. The van der Waals surface area contributed by atoms with Gasteiger partial charge in [0, 0.05) is 0 Å². The molecule has 0 radical (unpaired) electrons. The van der Waals surface area contributed by atoms with Crippen LogP contribution in [0.3, 0.4) is 0 Å². The van der Waals surface area contributed by atoms with Crippen LogP contribution in [0, 0.1) is 0 Å². The fraction of sp³-hybridized carbons (Fsp3) is 0.214. The largest absolute Gasteiger partial charge is 0.486 e. The zero-order chi connectivity index (χ0) is 16.4. The Morgan fingerprint density at radius 2 is 2.04 bits per heavy atom. The molecule has 3 rings (SSSR count). The Bertz CT molecular complexity index is 831. The second-order valence-electron chi connectivity index (χ2n) is 4.87. The molecule has 0 bridgehead atoms. The van der Waals surface area contributed by atoms with Crippen molar-refractivity contribution in [2.75, 3.05) is 13.2 Å². The van der Waals surface area contributed by atoms with Gasteiger partial charge in [0.25, 0.3) is 5.91 Å². The number of nitrogens with two attached hydrogens (primary N) is 1. The molecule has 122 valence electrons. The van der Waals surface area contributed by atoms with Crippen molar-refractivity contribution in [1.29, 1.82) is 0 Å². The lowest BCUT2D eigenvalue weighted by molar-refractivity contribution is 0.0790. The van der Waals surface area contributed by atoms with Crippen molar-refractivity contribution in [2.24, 2.45) is 5.14 Å². The lowest BCUT2D eigenvalue weighted by Crippen LogP contribution is -2.40. The van der Waals surface area contributed by atoms with Crippen LogP contribution >= 0.6 is 11.3 Å². The molecule has 7 nitrogen and oxygen atoms in total. The van der Waals surface area contributed by atoms with Crippen molar-refractivity contribution in [3.8, 4) is 11.5 Å². The molecular formula is C14H14N2O5S2. The molecule has 0 saturated heterocycles. The van der Waals surface area contributed by atoms with Gasteiger partial charge in [-0.1, -0.05) is 12.1 Å². The van der Waals surface area contributed by atoms with Gasteiger partial charge in [0.15, 0.2) is 11.5 Å². The van der Waals surface area contributed by atoms with Crippen molar-refractivity contribution in [2.45, 2.75) is 11.0 Å². The lowest BCUT2D eigenvalue weighted by Gasteiger charge is -2.26. The average molecular weight is 354 g/mol. The number of carbonyl (C=O) groups excluding carboxylic acids is 1. The van der Waals surface area contributed by atoms with Crippen LogP contribution in [0.2, 0.25) is 0 Å². The fourth-order valence-electron chi connectivity index (χ4n) is 2.14. The van der Waals surface area contributed by atoms with Crippen molar-refractivity contribution < 1.29 is 22.7 Å². The highest BCUT2D eigenvalue weighted by molar-refractivity contribution is 7.89. The first-order valence-electron chi connectivity index (χ1n) is 6.72. The molecule has 2 heterocycles. The Balaban J connectivity index is 1.64. The van der Waals surface area contributed by atoms with Crippen molar-refractivity contribution in [3.05, 3.63) is 40.6 Å². The van der Waals surface area contributed by atoms with E-state index < -0.39 is 15.9 Å². The van der Waals surface area contributed by atoms with Crippen LogP contribution in [0.5, 0.6) is 11.5 Å². The van der Waals surface area contributed by atoms with Gasteiger partial charge in [0.2, 0.25) is 10.0 Å². The number of rotatable bonds is 4. The Morgan fingerprint density at radius 3 is 2.78 bits per heavy atom. The number of amides is 1. The summed E-state index contributed by atoms with van der Waals surface area (Å²) < 4.78 is 34.1. The van der Waals surface area contributed by atoms with Crippen LogP contribution < -0.4 is 19.9 Å². The van der Waals surface area contributed by atoms with Crippen LogP contribution in [-0.4, -0.2) is 33.6 Å². The zero-order valence-electron chi connectivity index (χ0n) is 11.9.